The third-order valence-corrected chi connectivity index (χ3v) is 7.68. The number of aliphatic hydroxyl groups is 1. The zero-order valence-corrected chi connectivity index (χ0v) is 14.1. The average Bonchev–Trinajstić information content (AvgIpc) is 2.90. The van der Waals surface area contributed by atoms with Crippen LogP contribution in [0.2, 0.25) is 0 Å². The highest BCUT2D eigenvalue weighted by Gasteiger charge is 2.55. The van der Waals surface area contributed by atoms with Crippen LogP contribution in [0.1, 0.15) is 51.9 Å². The first kappa shape index (κ1) is 15.0. The van der Waals surface area contributed by atoms with Crippen molar-refractivity contribution in [2.75, 3.05) is 13.7 Å². The average molecular weight is 302 g/mol. The Morgan fingerprint density at radius 2 is 2.14 bits per heavy atom. The molecule has 0 aromatic heterocycles. The second-order valence-corrected chi connectivity index (χ2v) is 8.26. The molecule has 2 nitrogen and oxygen atoms in total. The van der Waals surface area contributed by atoms with E-state index in [-0.39, 0.29) is 6.10 Å². The van der Waals surface area contributed by atoms with Gasteiger partial charge < -0.3 is 9.84 Å². The first-order valence-electron chi connectivity index (χ1n) is 9.21. The monoisotopic (exact) mass is 302 g/mol. The quantitative estimate of drug-likeness (QED) is 0.778. The highest BCUT2D eigenvalue weighted by molar-refractivity contribution is 5.35. The molecule has 2 unspecified atom stereocenters. The van der Waals surface area contributed by atoms with Gasteiger partial charge in [0.2, 0.25) is 0 Å². The van der Waals surface area contributed by atoms with E-state index in [4.69, 9.17) is 4.74 Å². The van der Waals surface area contributed by atoms with Gasteiger partial charge in [0.1, 0.15) is 0 Å². The number of rotatable bonds is 2. The van der Waals surface area contributed by atoms with E-state index < -0.39 is 0 Å². The SMILES string of the molecule is COC1C=CCC2=C1[C@H]1CC[C@]3(C)C(CO)CC[C@H]3[C@@H]1CC2. The molecule has 4 aliphatic carbocycles. The van der Waals surface area contributed by atoms with E-state index >= 15 is 0 Å². The first-order chi connectivity index (χ1) is 10.7. The zero-order valence-electron chi connectivity index (χ0n) is 14.1. The molecule has 0 saturated heterocycles. The molecule has 0 aromatic carbocycles. The van der Waals surface area contributed by atoms with Crippen LogP contribution in [0.25, 0.3) is 0 Å². The second kappa shape index (κ2) is 5.49. The summed E-state index contributed by atoms with van der Waals surface area (Å²) in [5.74, 6) is 2.94. The number of methoxy groups -OCH3 is 1. The summed E-state index contributed by atoms with van der Waals surface area (Å²) in [7, 11) is 1.86. The fraction of sp³-hybridized carbons (Fsp3) is 0.800. The molecule has 1 N–H and O–H groups in total. The van der Waals surface area contributed by atoms with Gasteiger partial charge in [-0.2, -0.15) is 0 Å². The Balaban J connectivity index is 1.65. The predicted molar refractivity (Wildman–Crippen MR) is 88.4 cm³/mol. The molecule has 22 heavy (non-hydrogen) atoms. The lowest BCUT2D eigenvalue weighted by Crippen LogP contribution is -2.45. The van der Waals surface area contributed by atoms with Crippen LogP contribution >= 0.6 is 0 Å². The Morgan fingerprint density at radius 1 is 1.27 bits per heavy atom. The summed E-state index contributed by atoms with van der Waals surface area (Å²) in [6, 6.07) is 0. The van der Waals surface area contributed by atoms with Crippen LogP contribution in [-0.2, 0) is 4.74 Å². The molecule has 2 heteroatoms. The lowest BCUT2D eigenvalue weighted by atomic mass is 9.53. The minimum atomic E-state index is 0.232. The molecule has 0 spiro atoms. The molecule has 122 valence electrons. The van der Waals surface area contributed by atoms with E-state index in [0.717, 1.165) is 24.2 Å². The van der Waals surface area contributed by atoms with Gasteiger partial charge in [-0.15, -0.1) is 0 Å². The number of allylic oxidation sites excluding steroid dienone is 2. The number of aliphatic hydroxyl groups excluding tert-OH is 1. The van der Waals surface area contributed by atoms with Crippen LogP contribution in [0.5, 0.6) is 0 Å². The Kier molecular flexibility index (Phi) is 3.73. The van der Waals surface area contributed by atoms with Gasteiger partial charge in [0.25, 0.3) is 0 Å². The van der Waals surface area contributed by atoms with Crippen molar-refractivity contribution in [1.82, 2.24) is 0 Å². The van der Waals surface area contributed by atoms with E-state index in [2.05, 4.69) is 19.1 Å². The zero-order chi connectivity index (χ0) is 15.3. The Morgan fingerprint density at radius 3 is 2.91 bits per heavy atom. The van der Waals surface area contributed by atoms with Crippen molar-refractivity contribution < 1.29 is 9.84 Å². The van der Waals surface area contributed by atoms with Crippen LogP contribution in [0, 0.1) is 29.1 Å². The number of fused-ring (bicyclic) bond motifs is 4. The fourth-order valence-corrected chi connectivity index (χ4v) is 6.51. The minimum absolute atomic E-state index is 0.232. The molecule has 6 atom stereocenters. The predicted octanol–water partition coefficient (Wildman–Crippen LogP) is 4.10. The molecule has 4 aliphatic rings. The molecule has 2 saturated carbocycles. The standard InChI is InChI=1S/C20H30O2/c1-20-11-10-16-15(17(20)9-7-14(20)12-21)8-6-13-4-3-5-18(22-2)19(13)16/h3,5,14-18,21H,4,6-12H2,1-2H3/t14?,15-,16+,17+,18?,20-/m1/s1. The third-order valence-electron chi connectivity index (χ3n) is 7.68. The van der Waals surface area contributed by atoms with Crippen LogP contribution in [0.3, 0.4) is 0 Å². The normalized spacial score (nSPS) is 47.1. The topological polar surface area (TPSA) is 29.5 Å². The summed E-state index contributed by atoms with van der Waals surface area (Å²) in [5, 5.41) is 9.80. The summed E-state index contributed by atoms with van der Waals surface area (Å²) < 4.78 is 5.80. The fourth-order valence-electron chi connectivity index (χ4n) is 6.51. The largest absolute Gasteiger partial charge is 0.396 e. The van der Waals surface area contributed by atoms with Crippen LogP contribution < -0.4 is 0 Å². The van der Waals surface area contributed by atoms with E-state index in [1.165, 1.54) is 38.5 Å². The number of ether oxygens (including phenoxy) is 1. The highest BCUT2D eigenvalue weighted by Crippen LogP contribution is 2.62. The summed E-state index contributed by atoms with van der Waals surface area (Å²) in [6.07, 6.45) is 13.8. The number of hydrogen-bond donors (Lipinski definition) is 1. The van der Waals surface area contributed by atoms with E-state index in [1.807, 2.05) is 7.11 Å². The lowest BCUT2D eigenvalue weighted by molar-refractivity contribution is -0.00819. The van der Waals surface area contributed by atoms with Gasteiger partial charge >= 0.3 is 0 Å². The maximum absolute atomic E-state index is 9.80. The van der Waals surface area contributed by atoms with E-state index in [1.54, 1.807) is 11.1 Å². The van der Waals surface area contributed by atoms with Gasteiger partial charge in [0.15, 0.2) is 0 Å². The van der Waals surface area contributed by atoms with Crippen molar-refractivity contribution in [1.29, 1.82) is 0 Å². The smallest absolute Gasteiger partial charge is 0.0968 e. The molecule has 0 bridgehead atoms. The van der Waals surface area contributed by atoms with Crippen molar-refractivity contribution >= 4 is 0 Å². The van der Waals surface area contributed by atoms with Gasteiger partial charge in [-0.05, 0) is 79.6 Å². The van der Waals surface area contributed by atoms with Crippen molar-refractivity contribution in [3.8, 4) is 0 Å². The van der Waals surface area contributed by atoms with E-state index in [0.29, 0.717) is 17.9 Å². The second-order valence-electron chi connectivity index (χ2n) is 8.26. The van der Waals surface area contributed by atoms with Gasteiger partial charge in [-0.1, -0.05) is 24.6 Å². The summed E-state index contributed by atoms with van der Waals surface area (Å²) in [4.78, 5) is 0. The van der Waals surface area contributed by atoms with Gasteiger partial charge in [-0.25, -0.2) is 0 Å². The van der Waals surface area contributed by atoms with Gasteiger partial charge in [0, 0.05) is 13.7 Å². The molecule has 4 rings (SSSR count). The molecule has 2 fully saturated rings. The van der Waals surface area contributed by atoms with Gasteiger partial charge in [-0.3, -0.25) is 0 Å². The van der Waals surface area contributed by atoms with Crippen molar-refractivity contribution in [2.24, 2.45) is 29.1 Å². The van der Waals surface area contributed by atoms with Crippen LogP contribution in [0.15, 0.2) is 23.3 Å². The van der Waals surface area contributed by atoms with E-state index in [9.17, 15) is 5.11 Å². The van der Waals surface area contributed by atoms with Crippen molar-refractivity contribution in [3.63, 3.8) is 0 Å². The summed E-state index contributed by atoms with van der Waals surface area (Å²) >= 11 is 0. The Bertz CT molecular complexity index is 506. The van der Waals surface area contributed by atoms with Crippen LogP contribution in [0.4, 0.5) is 0 Å². The summed E-state index contributed by atoms with van der Waals surface area (Å²) in [6.45, 7) is 2.86. The molecule has 0 amide bonds. The molecule has 0 aliphatic heterocycles. The molecular formula is C20H30O2. The minimum Gasteiger partial charge on any atom is -0.396 e. The maximum atomic E-state index is 9.80. The molecule has 0 aromatic rings. The highest BCUT2D eigenvalue weighted by atomic mass is 16.5. The Labute approximate surface area is 134 Å². The number of hydrogen-bond acceptors (Lipinski definition) is 2. The maximum Gasteiger partial charge on any atom is 0.0968 e. The summed E-state index contributed by atoms with van der Waals surface area (Å²) in [5.41, 5.74) is 3.72. The molecular weight excluding hydrogens is 272 g/mol. The van der Waals surface area contributed by atoms with Crippen molar-refractivity contribution in [2.45, 2.75) is 58.0 Å². The molecule has 0 heterocycles. The molecule has 0 radical (unpaired) electrons. The van der Waals surface area contributed by atoms with Crippen LogP contribution in [-0.4, -0.2) is 24.9 Å². The third kappa shape index (κ3) is 1.99. The Hall–Kier alpha value is -0.600. The van der Waals surface area contributed by atoms with Gasteiger partial charge in [0.05, 0.1) is 6.10 Å². The first-order valence-corrected chi connectivity index (χ1v) is 9.21. The lowest BCUT2D eigenvalue weighted by Gasteiger charge is -2.52. The van der Waals surface area contributed by atoms with Crippen molar-refractivity contribution in [3.05, 3.63) is 23.3 Å².